The van der Waals surface area contributed by atoms with Crippen molar-refractivity contribution in [2.75, 3.05) is 25.1 Å². The molecule has 1 heterocycles. The minimum atomic E-state index is -1.15. The minimum absolute atomic E-state index is 0.0839. The van der Waals surface area contributed by atoms with E-state index in [2.05, 4.69) is 10.6 Å². The summed E-state index contributed by atoms with van der Waals surface area (Å²) in [6, 6.07) is -3.89. The third-order valence-corrected chi connectivity index (χ3v) is 6.31. The van der Waals surface area contributed by atoms with E-state index < -0.39 is 53.8 Å². The van der Waals surface area contributed by atoms with Crippen LogP contribution < -0.4 is 27.8 Å². The molecule has 4 unspecified atom stereocenters. The van der Waals surface area contributed by atoms with Crippen molar-refractivity contribution < 1.29 is 29.1 Å². The second-order valence-corrected chi connectivity index (χ2v) is 9.31. The van der Waals surface area contributed by atoms with E-state index in [-0.39, 0.29) is 25.8 Å². The Labute approximate surface area is 204 Å². The molecule has 194 valence electrons. The lowest BCUT2D eigenvalue weighted by molar-refractivity contribution is -0.149. The predicted octanol–water partition coefficient (Wildman–Crippen LogP) is -1.49. The highest BCUT2D eigenvalue weighted by atomic mass is 32.2. The molecule has 0 saturated carbocycles. The minimum Gasteiger partial charge on any atom is -0.480 e. The van der Waals surface area contributed by atoms with Crippen LogP contribution in [0.15, 0.2) is 0 Å². The lowest BCUT2D eigenvalue weighted by Crippen LogP contribution is -2.57. The summed E-state index contributed by atoms with van der Waals surface area (Å²) < 4.78 is 0. The number of likely N-dealkylation sites (tertiary alicyclic amines) is 1. The van der Waals surface area contributed by atoms with Crippen molar-refractivity contribution in [3.8, 4) is 0 Å². The number of nitrogens with zero attached hydrogens (tertiary/aromatic N) is 1. The third kappa shape index (κ3) is 9.85. The highest BCUT2D eigenvalue weighted by molar-refractivity contribution is 7.98. The first-order valence-electron chi connectivity index (χ1n) is 11.5. The number of carbonyl (C=O) groups excluding carboxylic acids is 4. The van der Waals surface area contributed by atoms with Gasteiger partial charge in [0, 0.05) is 13.0 Å². The fraction of sp³-hybridized carbons (Fsp3) is 0.762. The van der Waals surface area contributed by atoms with Crippen LogP contribution in [-0.2, 0) is 24.0 Å². The molecule has 0 spiro atoms. The van der Waals surface area contributed by atoms with E-state index in [1.54, 1.807) is 11.8 Å². The second-order valence-electron chi connectivity index (χ2n) is 8.33. The molecule has 13 heteroatoms. The summed E-state index contributed by atoms with van der Waals surface area (Å²) in [7, 11) is 0. The lowest BCUT2D eigenvalue weighted by atomic mass is 10.0. The molecule has 1 aliphatic heterocycles. The van der Waals surface area contributed by atoms with E-state index in [1.165, 1.54) is 4.90 Å². The van der Waals surface area contributed by atoms with Crippen LogP contribution in [0, 0.1) is 0 Å². The molecule has 0 aromatic heterocycles. The van der Waals surface area contributed by atoms with Crippen LogP contribution in [0.5, 0.6) is 0 Å². The van der Waals surface area contributed by atoms with Crippen molar-refractivity contribution in [2.45, 2.75) is 75.5 Å². The van der Waals surface area contributed by atoms with Gasteiger partial charge in [-0.3, -0.25) is 19.2 Å². The average Bonchev–Trinajstić information content (AvgIpc) is 3.29. The van der Waals surface area contributed by atoms with Gasteiger partial charge in [-0.2, -0.15) is 11.8 Å². The van der Waals surface area contributed by atoms with Crippen LogP contribution in [-0.4, -0.2) is 88.9 Å². The van der Waals surface area contributed by atoms with Crippen LogP contribution in [0.2, 0.25) is 0 Å². The summed E-state index contributed by atoms with van der Waals surface area (Å²) in [4.78, 5) is 62.8. The number of hydrogen-bond donors (Lipinski definition) is 6. The first kappa shape index (κ1) is 29.7. The number of amides is 4. The number of aliphatic carboxylic acids is 1. The second kappa shape index (κ2) is 15.5. The zero-order valence-electron chi connectivity index (χ0n) is 19.7. The van der Waals surface area contributed by atoms with Crippen LogP contribution in [0.3, 0.4) is 0 Å². The molecule has 4 amide bonds. The Hall–Kier alpha value is -2.38. The smallest absolute Gasteiger partial charge is 0.326 e. The Morgan fingerprint density at radius 3 is 2.32 bits per heavy atom. The average molecular weight is 503 g/mol. The summed E-state index contributed by atoms with van der Waals surface area (Å²) in [5.41, 5.74) is 16.7. The van der Waals surface area contributed by atoms with Crippen molar-refractivity contribution in [1.29, 1.82) is 0 Å². The summed E-state index contributed by atoms with van der Waals surface area (Å²) >= 11 is 1.55. The maximum absolute atomic E-state index is 13.1. The monoisotopic (exact) mass is 502 g/mol. The summed E-state index contributed by atoms with van der Waals surface area (Å²) in [6.07, 6.45) is 4.38. The van der Waals surface area contributed by atoms with Crippen LogP contribution in [0.1, 0.15) is 51.4 Å². The Morgan fingerprint density at radius 1 is 1.06 bits per heavy atom. The van der Waals surface area contributed by atoms with Crippen LogP contribution in [0.25, 0.3) is 0 Å². The molecule has 1 fully saturated rings. The first-order valence-corrected chi connectivity index (χ1v) is 12.9. The molecule has 0 radical (unpaired) electrons. The van der Waals surface area contributed by atoms with Crippen molar-refractivity contribution >= 4 is 41.4 Å². The topological polar surface area (TPSA) is 211 Å². The highest BCUT2D eigenvalue weighted by Crippen LogP contribution is 2.20. The molecule has 9 N–H and O–H groups in total. The van der Waals surface area contributed by atoms with Crippen molar-refractivity contribution in [2.24, 2.45) is 17.2 Å². The van der Waals surface area contributed by atoms with Crippen molar-refractivity contribution in [3.63, 3.8) is 0 Å². The van der Waals surface area contributed by atoms with Crippen molar-refractivity contribution in [1.82, 2.24) is 15.5 Å². The maximum atomic E-state index is 13.1. The van der Waals surface area contributed by atoms with Crippen molar-refractivity contribution in [3.05, 3.63) is 0 Å². The molecule has 1 aliphatic rings. The van der Waals surface area contributed by atoms with E-state index in [0.717, 1.165) is 0 Å². The number of unbranched alkanes of at least 4 members (excludes halogenated alkanes) is 1. The van der Waals surface area contributed by atoms with Gasteiger partial charge in [-0.15, -0.1) is 0 Å². The van der Waals surface area contributed by atoms with E-state index in [1.807, 2.05) is 6.26 Å². The number of nitrogens with two attached hydrogens (primary N) is 3. The number of hydrogen-bond acceptors (Lipinski definition) is 8. The van der Waals surface area contributed by atoms with Gasteiger partial charge in [-0.05, 0) is 63.5 Å². The Kier molecular flexibility index (Phi) is 13.5. The van der Waals surface area contributed by atoms with Gasteiger partial charge in [0.25, 0.3) is 0 Å². The van der Waals surface area contributed by atoms with Gasteiger partial charge in [0.15, 0.2) is 0 Å². The number of carbonyl (C=O) groups is 5. The molecule has 0 bridgehead atoms. The Balaban J connectivity index is 2.98. The van der Waals surface area contributed by atoms with Gasteiger partial charge >= 0.3 is 5.97 Å². The standard InChI is InChI=1S/C21H38N6O6S/c1-34-12-9-13(23)18(29)25-14(5-2-3-10-22)19(30)26-15(7-8-17(24)28)20(31)27-11-4-6-16(27)21(32)33/h13-16H,2-12,22-23H2,1H3,(H2,24,28)(H,25,29)(H,26,30)(H,32,33). The highest BCUT2D eigenvalue weighted by Gasteiger charge is 2.38. The van der Waals surface area contributed by atoms with E-state index >= 15 is 0 Å². The molecule has 34 heavy (non-hydrogen) atoms. The fourth-order valence-corrected chi connectivity index (χ4v) is 4.21. The summed E-state index contributed by atoms with van der Waals surface area (Å²) in [5, 5.41) is 14.7. The number of thioether (sulfide) groups is 1. The maximum Gasteiger partial charge on any atom is 0.326 e. The summed E-state index contributed by atoms with van der Waals surface area (Å²) in [6.45, 7) is 0.653. The van der Waals surface area contributed by atoms with Gasteiger partial charge in [0.1, 0.15) is 18.1 Å². The normalized spacial score (nSPS) is 18.1. The number of carboxylic acids is 1. The zero-order valence-corrected chi connectivity index (χ0v) is 20.5. The molecule has 0 aromatic carbocycles. The number of carboxylic acid groups (broad SMARTS) is 1. The molecule has 12 nitrogen and oxygen atoms in total. The quantitative estimate of drug-likeness (QED) is 0.135. The summed E-state index contributed by atoms with van der Waals surface area (Å²) in [5.74, 6) is -2.79. The van der Waals surface area contributed by atoms with Gasteiger partial charge in [0.2, 0.25) is 23.6 Å². The van der Waals surface area contributed by atoms with Gasteiger partial charge in [0.05, 0.1) is 6.04 Å². The zero-order chi connectivity index (χ0) is 25.7. The van der Waals surface area contributed by atoms with Crippen LogP contribution >= 0.6 is 11.8 Å². The largest absolute Gasteiger partial charge is 0.480 e. The van der Waals surface area contributed by atoms with Crippen LogP contribution in [0.4, 0.5) is 0 Å². The molecule has 1 rings (SSSR count). The Bertz CT molecular complexity index is 724. The number of rotatable bonds is 16. The van der Waals surface area contributed by atoms with E-state index in [9.17, 15) is 29.1 Å². The first-order chi connectivity index (χ1) is 16.1. The lowest BCUT2D eigenvalue weighted by Gasteiger charge is -2.29. The van der Waals surface area contributed by atoms with Gasteiger partial charge in [-0.25, -0.2) is 4.79 Å². The molecule has 0 aliphatic carbocycles. The Morgan fingerprint density at radius 2 is 1.74 bits per heavy atom. The third-order valence-electron chi connectivity index (χ3n) is 5.66. The molecular weight excluding hydrogens is 464 g/mol. The molecule has 4 atom stereocenters. The SMILES string of the molecule is CSCCC(N)C(=O)NC(CCCCN)C(=O)NC(CCC(N)=O)C(=O)N1CCCC1C(=O)O. The fourth-order valence-electron chi connectivity index (χ4n) is 3.72. The number of primary amides is 1. The van der Waals surface area contributed by atoms with Gasteiger partial charge in [-0.1, -0.05) is 0 Å². The molecule has 0 aromatic rings. The number of nitrogens with one attached hydrogen (secondary N) is 2. The molecule has 1 saturated heterocycles. The van der Waals surface area contributed by atoms with E-state index in [4.69, 9.17) is 17.2 Å². The predicted molar refractivity (Wildman–Crippen MR) is 129 cm³/mol. The van der Waals surface area contributed by atoms with Gasteiger partial charge < -0.3 is 37.8 Å². The molecular formula is C21H38N6O6S. The van der Waals surface area contributed by atoms with E-state index in [0.29, 0.717) is 44.4 Å².